The number of amides is 1. The van der Waals surface area contributed by atoms with Crippen LogP contribution < -0.4 is 5.32 Å². The van der Waals surface area contributed by atoms with Gasteiger partial charge in [-0.2, -0.15) is 0 Å². The molecular weight excluding hydrogens is 382 g/mol. The van der Waals surface area contributed by atoms with Crippen LogP contribution >= 0.6 is 11.8 Å². The third-order valence-electron chi connectivity index (χ3n) is 5.23. The number of carbonyl (C=O) groups excluding carboxylic acids is 1. The van der Waals surface area contributed by atoms with Gasteiger partial charge in [-0.3, -0.25) is 14.3 Å². The summed E-state index contributed by atoms with van der Waals surface area (Å²) in [7, 11) is 0. The highest BCUT2D eigenvalue weighted by atomic mass is 32.2. The number of carbonyl (C=O) groups is 1. The van der Waals surface area contributed by atoms with Crippen LogP contribution in [0, 0.1) is 5.92 Å². The van der Waals surface area contributed by atoms with Gasteiger partial charge in [-0.25, -0.2) is 0 Å². The van der Waals surface area contributed by atoms with Crippen molar-refractivity contribution in [1.82, 2.24) is 25.1 Å². The van der Waals surface area contributed by atoms with Crippen molar-refractivity contribution in [3.05, 3.63) is 54.9 Å². The van der Waals surface area contributed by atoms with Crippen molar-refractivity contribution < 1.29 is 4.79 Å². The lowest BCUT2D eigenvalue weighted by Crippen LogP contribution is -2.31. The molecule has 29 heavy (non-hydrogen) atoms. The first-order valence-corrected chi connectivity index (χ1v) is 11.1. The second-order valence-corrected chi connectivity index (χ2v) is 8.25. The normalized spacial score (nSPS) is 14.6. The van der Waals surface area contributed by atoms with Crippen molar-refractivity contribution in [2.45, 2.75) is 37.3 Å². The Morgan fingerprint density at radius 2 is 1.79 bits per heavy atom. The SMILES string of the molecule is O=C(CSc1nnc(-c2ccncc2)n1-c1ccccc1)NCC1CCCCC1. The molecule has 3 aromatic rings. The van der Waals surface area contributed by atoms with Gasteiger partial charge in [-0.15, -0.1) is 10.2 Å². The fourth-order valence-corrected chi connectivity index (χ4v) is 4.47. The van der Waals surface area contributed by atoms with Gasteiger partial charge < -0.3 is 5.32 Å². The summed E-state index contributed by atoms with van der Waals surface area (Å²) in [6.07, 6.45) is 9.83. The molecule has 0 unspecified atom stereocenters. The Morgan fingerprint density at radius 3 is 2.55 bits per heavy atom. The molecule has 1 aromatic carbocycles. The summed E-state index contributed by atoms with van der Waals surface area (Å²) in [6.45, 7) is 0.785. The quantitative estimate of drug-likeness (QED) is 0.597. The summed E-state index contributed by atoms with van der Waals surface area (Å²) in [4.78, 5) is 16.5. The van der Waals surface area contributed by atoms with Crippen LogP contribution in [0.25, 0.3) is 17.1 Å². The Balaban J connectivity index is 1.47. The van der Waals surface area contributed by atoms with E-state index in [-0.39, 0.29) is 5.91 Å². The molecule has 2 aromatic heterocycles. The number of nitrogens with zero attached hydrogens (tertiary/aromatic N) is 4. The summed E-state index contributed by atoms with van der Waals surface area (Å²) < 4.78 is 1.99. The van der Waals surface area contributed by atoms with Crippen LogP contribution in [0.3, 0.4) is 0 Å². The molecule has 0 aliphatic heterocycles. The average Bonchev–Trinajstić information content (AvgIpc) is 3.22. The predicted octanol–water partition coefficient (Wildman–Crippen LogP) is 4.12. The zero-order chi connectivity index (χ0) is 19.9. The smallest absolute Gasteiger partial charge is 0.230 e. The van der Waals surface area contributed by atoms with Crippen molar-refractivity contribution in [1.29, 1.82) is 0 Å². The molecule has 6 nitrogen and oxygen atoms in total. The topological polar surface area (TPSA) is 72.7 Å². The van der Waals surface area contributed by atoms with Gasteiger partial charge in [-0.1, -0.05) is 49.2 Å². The van der Waals surface area contributed by atoms with Crippen LogP contribution in [0.5, 0.6) is 0 Å². The van der Waals surface area contributed by atoms with E-state index in [0.717, 1.165) is 23.6 Å². The second kappa shape index (κ2) is 9.69. The minimum absolute atomic E-state index is 0.0497. The third kappa shape index (κ3) is 5.03. The molecular formula is C22H25N5OS. The van der Waals surface area contributed by atoms with E-state index in [1.54, 1.807) is 12.4 Å². The molecule has 0 radical (unpaired) electrons. The average molecular weight is 408 g/mol. The van der Waals surface area contributed by atoms with Gasteiger partial charge in [0.25, 0.3) is 0 Å². The predicted molar refractivity (Wildman–Crippen MR) is 115 cm³/mol. The van der Waals surface area contributed by atoms with Crippen LogP contribution in [0.2, 0.25) is 0 Å². The van der Waals surface area contributed by atoms with Crippen molar-refractivity contribution >= 4 is 17.7 Å². The molecule has 150 valence electrons. The summed E-state index contributed by atoms with van der Waals surface area (Å²) in [5.41, 5.74) is 1.90. The van der Waals surface area contributed by atoms with Crippen LogP contribution in [-0.4, -0.2) is 38.0 Å². The highest BCUT2D eigenvalue weighted by Crippen LogP contribution is 2.27. The molecule has 7 heteroatoms. The van der Waals surface area contributed by atoms with E-state index in [2.05, 4.69) is 20.5 Å². The highest BCUT2D eigenvalue weighted by molar-refractivity contribution is 7.99. The Bertz CT molecular complexity index is 923. The number of hydrogen-bond acceptors (Lipinski definition) is 5. The van der Waals surface area contributed by atoms with Crippen LogP contribution in [-0.2, 0) is 4.79 Å². The summed E-state index contributed by atoms with van der Waals surface area (Å²) in [5.74, 6) is 1.75. The van der Waals surface area contributed by atoms with Gasteiger partial charge in [0.15, 0.2) is 11.0 Å². The minimum Gasteiger partial charge on any atom is -0.355 e. The van der Waals surface area contributed by atoms with Crippen LogP contribution in [0.15, 0.2) is 60.0 Å². The van der Waals surface area contributed by atoms with E-state index in [1.165, 1.54) is 43.9 Å². The van der Waals surface area contributed by atoms with Crippen molar-refractivity contribution in [2.75, 3.05) is 12.3 Å². The number of hydrogen-bond donors (Lipinski definition) is 1. The highest BCUT2D eigenvalue weighted by Gasteiger charge is 2.18. The van der Waals surface area contributed by atoms with E-state index >= 15 is 0 Å². The number of aromatic nitrogens is 4. The van der Waals surface area contributed by atoms with E-state index in [1.807, 2.05) is 47.0 Å². The van der Waals surface area contributed by atoms with Gasteiger partial charge in [0.1, 0.15) is 0 Å². The number of nitrogens with one attached hydrogen (secondary N) is 1. The fraction of sp³-hybridized carbons (Fsp3) is 0.364. The molecule has 2 heterocycles. The Kier molecular flexibility index (Phi) is 6.56. The van der Waals surface area contributed by atoms with Crippen LogP contribution in [0.1, 0.15) is 32.1 Å². The van der Waals surface area contributed by atoms with Gasteiger partial charge in [0, 0.05) is 30.2 Å². The monoisotopic (exact) mass is 407 g/mol. The molecule has 1 saturated carbocycles. The third-order valence-corrected chi connectivity index (χ3v) is 6.16. The second-order valence-electron chi connectivity index (χ2n) is 7.31. The maximum Gasteiger partial charge on any atom is 0.230 e. The van der Waals surface area contributed by atoms with Crippen molar-refractivity contribution in [3.8, 4) is 17.1 Å². The van der Waals surface area contributed by atoms with Gasteiger partial charge in [0.2, 0.25) is 5.91 Å². The lowest BCUT2D eigenvalue weighted by Gasteiger charge is -2.21. The van der Waals surface area contributed by atoms with Crippen LogP contribution in [0.4, 0.5) is 0 Å². The molecule has 4 rings (SSSR count). The Labute approximate surface area is 175 Å². The zero-order valence-electron chi connectivity index (χ0n) is 16.3. The number of pyridine rings is 1. The summed E-state index contributed by atoms with van der Waals surface area (Å²) >= 11 is 1.41. The van der Waals surface area contributed by atoms with Gasteiger partial charge in [0.05, 0.1) is 5.75 Å². The lowest BCUT2D eigenvalue weighted by molar-refractivity contribution is -0.118. The first-order chi connectivity index (χ1) is 14.3. The Morgan fingerprint density at radius 1 is 1.03 bits per heavy atom. The maximum atomic E-state index is 12.4. The lowest BCUT2D eigenvalue weighted by atomic mass is 9.89. The summed E-state index contributed by atoms with van der Waals surface area (Å²) in [6, 6.07) is 13.8. The van der Waals surface area contributed by atoms with Gasteiger partial charge >= 0.3 is 0 Å². The molecule has 0 saturated heterocycles. The van der Waals surface area contributed by atoms with E-state index in [4.69, 9.17) is 0 Å². The molecule has 1 aliphatic carbocycles. The van der Waals surface area contributed by atoms with E-state index in [0.29, 0.717) is 16.8 Å². The molecule has 0 spiro atoms. The fourth-order valence-electron chi connectivity index (χ4n) is 3.69. The standard InChI is InChI=1S/C22H25N5OS/c28-20(24-15-17-7-3-1-4-8-17)16-29-22-26-25-21(18-11-13-23-14-12-18)27(22)19-9-5-2-6-10-19/h2,5-6,9-14,17H,1,3-4,7-8,15-16H2,(H,24,28). The van der Waals surface area contributed by atoms with Gasteiger partial charge in [-0.05, 0) is 43.0 Å². The number of rotatable bonds is 7. The number of benzene rings is 1. The minimum atomic E-state index is 0.0497. The maximum absolute atomic E-state index is 12.4. The van der Waals surface area contributed by atoms with E-state index < -0.39 is 0 Å². The Hall–Kier alpha value is -2.67. The number of para-hydroxylation sites is 1. The molecule has 0 atom stereocenters. The molecule has 1 N–H and O–H groups in total. The first kappa shape index (κ1) is 19.6. The molecule has 1 amide bonds. The molecule has 1 aliphatic rings. The zero-order valence-corrected chi connectivity index (χ0v) is 17.1. The largest absolute Gasteiger partial charge is 0.355 e. The summed E-state index contributed by atoms with van der Waals surface area (Å²) in [5, 5.41) is 12.6. The molecule has 1 fully saturated rings. The first-order valence-electron chi connectivity index (χ1n) is 10.1. The van der Waals surface area contributed by atoms with E-state index in [9.17, 15) is 4.79 Å². The van der Waals surface area contributed by atoms with Crippen molar-refractivity contribution in [2.24, 2.45) is 5.92 Å². The molecule has 0 bridgehead atoms. The number of thioether (sulfide) groups is 1. The van der Waals surface area contributed by atoms with Crippen molar-refractivity contribution in [3.63, 3.8) is 0 Å².